The van der Waals surface area contributed by atoms with Crippen LogP contribution in [-0.4, -0.2) is 84.2 Å². The highest BCUT2D eigenvalue weighted by atomic mass is 127. The normalized spacial score (nSPS) is 19.5. The highest BCUT2D eigenvalue weighted by molar-refractivity contribution is 14.0. The molecule has 0 saturated carbocycles. The lowest BCUT2D eigenvalue weighted by Crippen LogP contribution is -2.53. The van der Waals surface area contributed by atoms with E-state index in [-0.39, 0.29) is 30.1 Å². The van der Waals surface area contributed by atoms with Crippen molar-refractivity contribution in [1.29, 1.82) is 0 Å². The van der Waals surface area contributed by atoms with Crippen LogP contribution in [-0.2, 0) is 13.1 Å². The number of aliphatic hydroxyl groups is 1. The number of likely N-dealkylation sites (tertiary alicyclic amines) is 1. The molecule has 7 heteroatoms. The van der Waals surface area contributed by atoms with Crippen LogP contribution in [0.15, 0.2) is 29.3 Å². The summed E-state index contributed by atoms with van der Waals surface area (Å²) in [6, 6.07) is 8.88. The van der Waals surface area contributed by atoms with E-state index in [0.29, 0.717) is 6.54 Å². The van der Waals surface area contributed by atoms with E-state index in [1.165, 1.54) is 17.7 Å². The van der Waals surface area contributed by atoms with E-state index in [9.17, 15) is 5.11 Å². The van der Waals surface area contributed by atoms with Crippen LogP contribution in [0.25, 0.3) is 0 Å². The molecule has 1 aromatic carbocycles. The van der Waals surface area contributed by atoms with Crippen molar-refractivity contribution >= 4 is 29.9 Å². The van der Waals surface area contributed by atoms with Crippen LogP contribution in [0.2, 0.25) is 0 Å². The van der Waals surface area contributed by atoms with Gasteiger partial charge in [-0.2, -0.15) is 0 Å². The Morgan fingerprint density at radius 1 is 1.00 bits per heavy atom. The molecule has 0 aliphatic carbocycles. The van der Waals surface area contributed by atoms with Crippen LogP contribution in [0, 0.1) is 5.92 Å². The van der Waals surface area contributed by atoms with Gasteiger partial charge in [0, 0.05) is 58.9 Å². The molecular weight excluding hydrogens is 501 g/mol. The Labute approximate surface area is 206 Å². The van der Waals surface area contributed by atoms with Crippen molar-refractivity contribution in [2.75, 3.05) is 52.4 Å². The summed E-state index contributed by atoms with van der Waals surface area (Å²) in [5.41, 5.74) is 2.59. The standard InChI is InChI=1S/C24H41N5O.HI/c1-4-25-24(29-15-13-28(14-16-29)18-20(2)3)26-17-21-5-7-22(8-6-21)19-27-11-9-23(30)10-12-27;/h5-8,20,23,30H,4,9-19H2,1-3H3,(H,25,26);1H. The van der Waals surface area contributed by atoms with Gasteiger partial charge in [0.25, 0.3) is 0 Å². The Hall–Kier alpha value is -0.900. The molecule has 2 aliphatic rings. The van der Waals surface area contributed by atoms with Gasteiger partial charge in [-0.25, -0.2) is 4.99 Å². The lowest BCUT2D eigenvalue weighted by Gasteiger charge is -2.37. The Balaban J connectivity index is 0.00000341. The quantitative estimate of drug-likeness (QED) is 0.315. The summed E-state index contributed by atoms with van der Waals surface area (Å²) < 4.78 is 0. The summed E-state index contributed by atoms with van der Waals surface area (Å²) in [5.74, 6) is 1.76. The predicted octanol–water partition coefficient (Wildman–Crippen LogP) is 3.00. The number of guanidine groups is 1. The van der Waals surface area contributed by atoms with Gasteiger partial charge in [0.2, 0.25) is 0 Å². The topological polar surface area (TPSA) is 54.3 Å². The van der Waals surface area contributed by atoms with E-state index in [0.717, 1.165) is 77.1 Å². The Kier molecular flexibility index (Phi) is 11.6. The zero-order valence-electron chi connectivity index (χ0n) is 19.6. The van der Waals surface area contributed by atoms with Gasteiger partial charge in [-0.15, -0.1) is 24.0 Å². The van der Waals surface area contributed by atoms with Crippen molar-refractivity contribution < 1.29 is 5.11 Å². The third kappa shape index (κ3) is 8.86. The van der Waals surface area contributed by atoms with Crippen LogP contribution in [0.3, 0.4) is 0 Å². The lowest BCUT2D eigenvalue weighted by atomic mass is 10.1. The molecule has 0 amide bonds. The van der Waals surface area contributed by atoms with E-state index in [1.54, 1.807) is 0 Å². The highest BCUT2D eigenvalue weighted by Gasteiger charge is 2.20. The molecule has 0 bridgehead atoms. The van der Waals surface area contributed by atoms with Crippen LogP contribution in [0.1, 0.15) is 44.7 Å². The number of halogens is 1. The SMILES string of the molecule is CCNC(=NCc1ccc(CN2CCC(O)CC2)cc1)N1CCN(CC(C)C)CC1.I. The monoisotopic (exact) mass is 543 g/mol. The molecule has 0 unspecified atom stereocenters. The zero-order valence-corrected chi connectivity index (χ0v) is 21.9. The second-order valence-electron chi connectivity index (χ2n) is 9.18. The zero-order chi connectivity index (χ0) is 21.3. The fourth-order valence-electron chi connectivity index (χ4n) is 4.34. The van der Waals surface area contributed by atoms with E-state index < -0.39 is 0 Å². The van der Waals surface area contributed by atoms with Crippen molar-refractivity contribution in [2.45, 2.75) is 52.8 Å². The molecule has 2 aliphatic heterocycles. The molecule has 31 heavy (non-hydrogen) atoms. The van der Waals surface area contributed by atoms with E-state index in [4.69, 9.17) is 4.99 Å². The van der Waals surface area contributed by atoms with Gasteiger partial charge < -0.3 is 15.3 Å². The smallest absolute Gasteiger partial charge is 0.194 e. The van der Waals surface area contributed by atoms with E-state index in [1.807, 2.05) is 0 Å². The second kappa shape index (κ2) is 13.6. The van der Waals surface area contributed by atoms with Crippen molar-refractivity contribution in [3.8, 4) is 0 Å². The fraction of sp³-hybridized carbons (Fsp3) is 0.708. The molecule has 2 heterocycles. The van der Waals surface area contributed by atoms with Gasteiger partial charge in [0.1, 0.15) is 0 Å². The molecule has 6 nitrogen and oxygen atoms in total. The lowest BCUT2D eigenvalue weighted by molar-refractivity contribution is 0.0792. The van der Waals surface area contributed by atoms with Crippen LogP contribution >= 0.6 is 24.0 Å². The number of hydrogen-bond acceptors (Lipinski definition) is 4. The summed E-state index contributed by atoms with van der Waals surface area (Å²) in [4.78, 5) is 12.3. The number of piperazine rings is 1. The fourth-order valence-corrected chi connectivity index (χ4v) is 4.34. The third-order valence-corrected chi connectivity index (χ3v) is 6.03. The van der Waals surface area contributed by atoms with Gasteiger partial charge in [0.05, 0.1) is 12.6 Å². The van der Waals surface area contributed by atoms with Crippen LogP contribution < -0.4 is 5.32 Å². The average Bonchev–Trinajstić information content (AvgIpc) is 2.74. The minimum absolute atomic E-state index is 0. The van der Waals surface area contributed by atoms with Crippen molar-refractivity contribution in [2.24, 2.45) is 10.9 Å². The minimum Gasteiger partial charge on any atom is -0.393 e. The molecule has 0 spiro atoms. The molecular formula is C24H42IN5O. The molecule has 2 saturated heterocycles. The number of hydrogen-bond donors (Lipinski definition) is 2. The predicted molar refractivity (Wildman–Crippen MR) is 140 cm³/mol. The molecule has 1 aromatic rings. The van der Waals surface area contributed by atoms with Crippen molar-refractivity contribution in [3.05, 3.63) is 35.4 Å². The van der Waals surface area contributed by atoms with Crippen molar-refractivity contribution in [1.82, 2.24) is 20.0 Å². The van der Waals surface area contributed by atoms with Gasteiger partial charge in [-0.05, 0) is 36.8 Å². The first-order valence-corrected chi connectivity index (χ1v) is 11.8. The minimum atomic E-state index is -0.106. The summed E-state index contributed by atoms with van der Waals surface area (Å²) in [5, 5.41) is 13.1. The number of aliphatic imine (C=N–C) groups is 1. The summed E-state index contributed by atoms with van der Waals surface area (Å²) in [6.07, 6.45) is 1.68. The van der Waals surface area contributed by atoms with Crippen LogP contribution in [0.4, 0.5) is 0 Å². The number of benzene rings is 1. The second-order valence-corrected chi connectivity index (χ2v) is 9.18. The van der Waals surface area contributed by atoms with Gasteiger partial charge >= 0.3 is 0 Å². The van der Waals surface area contributed by atoms with Gasteiger partial charge in [-0.1, -0.05) is 38.1 Å². The number of piperidine rings is 1. The molecule has 3 rings (SSSR count). The first-order valence-electron chi connectivity index (χ1n) is 11.8. The maximum absolute atomic E-state index is 9.66. The Bertz CT molecular complexity index is 650. The van der Waals surface area contributed by atoms with E-state index >= 15 is 0 Å². The number of nitrogens with one attached hydrogen (secondary N) is 1. The maximum Gasteiger partial charge on any atom is 0.194 e. The summed E-state index contributed by atoms with van der Waals surface area (Å²) in [7, 11) is 0. The van der Waals surface area contributed by atoms with Gasteiger partial charge in [-0.3, -0.25) is 9.80 Å². The van der Waals surface area contributed by atoms with Crippen LogP contribution in [0.5, 0.6) is 0 Å². The average molecular weight is 544 g/mol. The molecule has 0 aromatic heterocycles. The van der Waals surface area contributed by atoms with E-state index in [2.05, 4.69) is 65.1 Å². The third-order valence-electron chi connectivity index (χ3n) is 6.03. The largest absolute Gasteiger partial charge is 0.393 e. The molecule has 176 valence electrons. The molecule has 0 radical (unpaired) electrons. The first-order chi connectivity index (χ1) is 14.5. The Morgan fingerprint density at radius 2 is 1.61 bits per heavy atom. The molecule has 0 atom stereocenters. The summed E-state index contributed by atoms with van der Waals surface area (Å²) in [6.45, 7) is 16.8. The summed E-state index contributed by atoms with van der Waals surface area (Å²) >= 11 is 0. The maximum atomic E-state index is 9.66. The molecule has 2 N–H and O–H groups in total. The Morgan fingerprint density at radius 3 is 2.19 bits per heavy atom. The number of aliphatic hydroxyl groups excluding tert-OH is 1. The first kappa shape index (κ1) is 26.4. The molecule has 2 fully saturated rings. The number of rotatable bonds is 7. The highest BCUT2D eigenvalue weighted by Crippen LogP contribution is 2.15. The van der Waals surface area contributed by atoms with Gasteiger partial charge in [0.15, 0.2) is 5.96 Å². The number of nitrogens with zero attached hydrogens (tertiary/aromatic N) is 4. The van der Waals surface area contributed by atoms with Crippen molar-refractivity contribution in [3.63, 3.8) is 0 Å².